The first-order chi connectivity index (χ1) is 6.53. The van der Waals surface area contributed by atoms with Crippen LogP contribution in [0.1, 0.15) is 13.8 Å². The van der Waals surface area contributed by atoms with Crippen molar-refractivity contribution in [2.45, 2.75) is 19.4 Å². The minimum Gasteiger partial charge on any atom is -0.382 e. The third-order valence-corrected chi connectivity index (χ3v) is 2.55. The van der Waals surface area contributed by atoms with Crippen LogP contribution in [0.3, 0.4) is 0 Å². The van der Waals surface area contributed by atoms with Crippen LogP contribution < -0.4 is 10.6 Å². The van der Waals surface area contributed by atoms with Crippen LogP contribution in [0.15, 0.2) is 22.9 Å². The number of nitrogens with zero attached hydrogens (tertiary/aromatic N) is 1. The van der Waals surface area contributed by atoms with E-state index in [9.17, 15) is 0 Å². The van der Waals surface area contributed by atoms with Crippen molar-refractivity contribution in [3.63, 3.8) is 0 Å². The lowest BCUT2D eigenvalue weighted by Crippen LogP contribution is -2.42. The molecule has 1 aromatic heterocycles. The van der Waals surface area contributed by atoms with Crippen LogP contribution in [-0.4, -0.2) is 24.1 Å². The fourth-order valence-corrected chi connectivity index (χ4v) is 1.28. The van der Waals surface area contributed by atoms with Gasteiger partial charge in [0.05, 0.1) is 11.9 Å². The first kappa shape index (κ1) is 11.5. The average Bonchev–Trinajstić information content (AvgIpc) is 2.15. The smallest absolute Gasteiger partial charge is 0.0538 e. The van der Waals surface area contributed by atoms with Gasteiger partial charge < -0.3 is 10.6 Å². The zero-order chi connectivity index (χ0) is 10.6. The van der Waals surface area contributed by atoms with Gasteiger partial charge in [-0.15, -0.1) is 0 Å². The van der Waals surface area contributed by atoms with Gasteiger partial charge in [0.15, 0.2) is 0 Å². The number of likely N-dealkylation sites (N-methyl/N-ethyl adjacent to an activating group) is 1. The number of rotatable bonds is 4. The standard InChI is InChI=1S/C10H16BrN3/c1-10(2,12-3)7-14-9-4-8(11)5-13-6-9/h4-6,12,14H,7H2,1-3H3. The first-order valence-electron chi connectivity index (χ1n) is 4.57. The Morgan fingerprint density at radius 2 is 2.14 bits per heavy atom. The molecule has 1 rings (SSSR count). The lowest BCUT2D eigenvalue weighted by molar-refractivity contribution is 0.448. The summed E-state index contributed by atoms with van der Waals surface area (Å²) >= 11 is 3.38. The van der Waals surface area contributed by atoms with E-state index in [1.807, 2.05) is 19.3 Å². The van der Waals surface area contributed by atoms with Crippen molar-refractivity contribution in [2.24, 2.45) is 0 Å². The number of nitrogens with one attached hydrogen (secondary N) is 2. The maximum Gasteiger partial charge on any atom is 0.0538 e. The number of hydrogen-bond acceptors (Lipinski definition) is 3. The van der Waals surface area contributed by atoms with E-state index in [4.69, 9.17) is 0 Å². The van der Waals surface area contributed by atoms with Gasteiger partial charge in [0.1, 0.15) is 0 Å². The zero-order valence-corrected chi connectivity index (χ0v) is 10.4. The number of halogens is 1. The molecule has 1 heterocycles. The predicted molar refractivity (Wildman–Crippen MR) is 63.6 cm³/mol. The quantitative estimate of drug-likeness (QED) is 0.869. The molecule has 78 valence electrons. The van der Waals surface area contributed by atoms with Crippen molar-refractivity contribution in [1.29, 1.82) is 0 Å². The molecule has 0 saturated heterocycles. The van der Waals surface area contributed by atoms with Crippen molar-refractivity contribution < 1.29 is 0 Å². The van der Waals surface area contributed by atoms with Crippen LogP contribution >= 0.6 is 15.9 Å². The molecule has 0 atom stereocenters. The Morgan fingerprint density at radius 1 is 1.43 bits per heavy atom. The number of pyridine rings is 1. The van der Waals surface area contributed by atoms with Gasteiger partial charge in [-0.25, -0.2) is 0 Å². The van der Waals surface area contributed by atoms with E-state index < -0.39 is 0 Å². The van der Waals surface area contributed by atoms with Crippen molar-refractivity contribution in [2.75, 3.05) is 18.9 Å². The van der Waals surface area contributed by atoms with Crippen molar-refractivity contribution >= 4 is 21.6 Å². The van der Waals surface area contributed by atoms with E-state index in [0.29, 0.717) is 0 Å². The molecule has 0 saturated carbocycles. The van der Waals surface area contributed by atoms with Gasteiger partial charge in [-0.1, -0.05) is 0 Å². The second kappa shape index (κ2) is 4.75. The Hall–Kier alpha value is -0.610. The van der Waals surface area contributed by atoms with Crippen molar-refractivity contribution in [1.82, 2.24) is 10.3 Å². The molecule has 3 nitrogen and oxygen atoms in total. The average molecular weight is 258 g/mol. The molecule has 0 radical (unpaired) electrons. The Bertz CT molecular complexity index is 299. The molecule has 0 aliphatic carbocycles. The fraction of sp³-hybridized carbons (Fsp3) is 0.500. The molecule has 0 aliphatic heterocycles. The SMILES string of the molecule is CNC(C)(C)CNc1cncc(Br)c1. The molecule has 0 aliphatic rings. The highest BCUT2D eigenvalue weighted by Gasteiger charge is 2.13. The van der Waals surface area contributed by atoms with Crippen LogP contribution in [0.2, 0.25) is 0 Å². The number of anilines is 1. The molecule has 0 fully saturated rings. The molecule has 0 unspecified atom stereocenters. The minimum absolute atomic E-state index is 0.0856. The summed E-state index contributed by atoms with van der Waals surface area (Å²) in [4.78, 5) is 4.08. The van der Waals surface area contributed by atoms with Crippen LogP contribution in [0.25, 0.3) is 0 Å². The third-order valence-electron chi connectivity index (χ3n) is 2.12. The predicted octanol–water partition coefficient (Wildman–Crippen LogP) is 2.25. The largest absolute Gasteiger partial charge is 0.382 e. The molecular formula is C10H16BrN3. The number of aromatic nitrogens is 1. The van der Waals surface area contributed by atoms with E-state index in [1.54, 1.807) is 6.20 Å². The van der Waals surface area contributed by atoms with E-state index in [2.05, 4.69) is 45.4 Å². The van der Waals surface area contributed by atoms with Gasteiger partial charge in [0.2, 0.25) is 0 Å². The topological polar surface area (TPSA) is 37.0 Å². The summed E-state index contributed by atoms with van der Waals surface area (Å²) in [5.74, 6) is 0. The van der Waals surface area contributed by atoms with Crippen LogP contribution in [-0.2, 0) is 0 Å². The molecule has 0 bridgehead atoms. The maximum atomic E-state index is 4.08. The van der Waals surface area contributed by atoms with Gasteiger partial charge in [0, 0.05) is 22.8 Å². The second-order valence-electron chi connectivity index (χ2n) is 3.88. The first-order valence-corrected chi connectivity index (χ1v) is 5.36. The maximum absolute atomic E-state index is 4.08. The van der Waals surface area contributed by atoms with Crippen molar-refractivity contribution in [3.8, 4) is 0 Å². The Balaban J connectivity index is 2.54. The van der Waals surface area contributed by atoms with Crippen molar-refractivity contribution in [3.05, 3.63) is 22.9 Å². The Labute approximate surface area is 93.4 Å². The Morgan fingerprint density at radius 3 is 2.71 bits per heavy atom. The summed E-state index contributed by atoms with van der Waals surface area (Å²) in [5, 5.41) is 6.55. The molecule has 2 N–H and O–H groups in total. The van der Waals surface area contributed by atoms with E-state index in [-0.39, 0.29) is 5.54 Å². The monoisotopic (exact) mass is 257 g/mol. The molecule has 0 spiro atoms. The summed E-state index contributed by atoms with van der Waals surface area (Å²) < 4.78 is 0.991. The molecule has 4 heteroatoms. The minimum atomic E-state index is 0.0856. The highest BCUT2D eigenvalue weighted by Crippen LogP contribution is 2.14. The molecule has 0 aromatic carbocycles. The lowest BCUT2D eigenvalue weighted by Gasteiger charge is -2.24. The normalized spacial score (nSPS) is 11.4. The zero-order valence-electron chi connectivity index (χ0n) is 8.76. The summed E-state index contributed by atoms with van der Waals surface area (Å²) in [7, 11) is 1.96. The van der Waals surface area contributed by atoms with Gasteiger partial charge >= 0.3 is 0 Å². The summed E-state index contributed by atoms with van der Waals surface area (Å²) in [6.07, 6.45) is 3.59. The summed E-state index contributed by atoms with van der Waals surface area (Å²) in [5.41, 5.74) is 1.12. The number of hydrogen-bond donors (Lipinski definition) is 2. The van der Waals surface area contributed by atoms with E-state index in [1.165, 1.54) is 0 Å². The van der Waals surface area contributed by atoms with Gasteiger partial charge in [-0.3, -0.25) is 4.98 Å². The molecular weight excluding hydrogens is 242 g/mol. The van der Waals surface area contributed by atoms with Gasteiger partial charge in [-0.05, 0) is 42.9 Å². The van der Waals surface area contributed by atoms with E-state index in [0.717, 1.165) is 16.7 Å². The second-order valence-corrected chi connectivity index (χ2v) is 4.79. The summed E-state index contributed by atoms with van der Waals surface area (Å²) in [6, 6.07) is 2.01. The van der Waals surface area contributed by atoms with Gasteiger partial charge in [0.25, 0.3) is 0 Å². The molecule has 1 aromatic rings. The lowest BCUT2D eigenvalue weighted by atomic mass is 10.1. The third kappa shape index (κ3) is 3.64. The highest BCUT2D eigenvalue weighted by atomic mass is 79.9. The molecule has 14 heavy (non-hydrogen) atoms. The fourth-order valence-electron chi connectivity index (χ4n) is 0.920. The van der Waals surface area contributed by atoms with Crippen LogP contribution in [0.4, 0.5) is 5.69 Å². The van der Waals surface area contributed by atoms with Crippen LogP contribution in [0, 0.1) is 0 Å². The van der Waals surface area contributed by atoms with Crippen LogP contribution in [0.5, 0.6) is 0 Å². The van der Waals surface area contributed by atoms with E-state index >= 15 is 0 Å². The highest BCUT2D eigenvalue weighted by molar-refractivity contribution is 9.10. The molecule has 0 amide bonds. The Kier molecular flexibility index (Phi) is 3.89. The summed E-state index contributed by atoms with van der Waals surface area (Å²) in [6.45, 7) is 5.15. The van der Waals surface area contributed by atoms with Gasteiger partial charge in [-0.2, -0.15) is 0 Å².